The van der Waals surface area contributed by atoms with Crippen LogP contribution in [0.2, 0.25) is 0 Å². The number of hydrogen-bond donors (Lipinski definition) is 2. The molecule has 0 aliphatic carbocycles. The van der Waals surface area contributed by atoms with Crippen molar-refractivity contribution >= 4 is 28.0 Å². The quantitative estimate of drug-likeness (QED) is 0.522. The van der Waals surface area contributed by atoms with Crippen molar-refractivity contribution in [2.24, 2.45) is 0 Å². The number of thiophene rings is 1. The fourth-order valence-corrected chi connectivity index (χ4v) is 4.09. The predicted octanol–water partition coefficient (Wildman–Crippen LogP) is 4.91. The maximum atomic E-state index is 12.6. The molecule has 1 atom stereocenters. The molecule has 1 heterocycles. The minimum atomic E-state index is -0.640. The normalized spacial score (nSPS) is 12.0. The minimum Gasteiger partial charge on any atom is -0.383 e. The zero-order valence-electron chi connectivity index (χ0n) is 14.6. The van der Waals surface area contributed by atoms with Crippen molar-refractivity contribution in [3.63, 3.8) is 0 Å². The first-order chi connectivity index (χ1) is 13.2. The second kappa shape index (κ2) is 7.74. The van der Waals surface area contributed by atoms with Gasteiger partial charge in [0.25, 0.3) is 5.91 Å². The molecule has 0 radical (unpaired) electrons. The molecule has 2 N–H and O–H groups in total. The molecule has 3 aromatic carbocycles. The van der Waals surface area contributed by atoms with E-state index >= 15 is 0 Å². The number of rotatable bonds is 5. The Morgan fingerprint density at radius 2 is 1.63 bits per heavy atom. The highest BCUT2D eigenvalue weighted by molar-refractivity contribution is 7.12. The monoisotopic (exact) mass is 373 g/mol. The van der Waals surface area contributed by atoms with Crippen LogP contribution in [-0.4, -0.2) is 11.0 Å². The molecule has 1 unspecified atom stereocenters. The van der Waals surface area contributed by atoms with Gasteiger partial charge in [0.15, 0.2) is 0 Å². The molecule has 0 bridgehead atoms. The van der Waals surface area contributed by atoms with Crippen LogP contribution < -0.4 is 5.32 Å². The second-order valence-electron chi connectivity index (χ2n) is 6.33. The summed E-state index contributed by atoms with van der Waals surface area (Å²) in [5.74, 6) is -0.0923. The van der Waals surface area contributed by atoms with Crippen LogP contribution in [-0.2, 0) is 6.54 Å². The molecule has 0 aliphatic heterocycles. The molecule has 4 aromatic rings. The van der Waals surface area contributed by atoms with Gasteiger partial charge in [-0.1, -0.05) is 66.7 Å². The van der Waals surface area contributed by atoms with Gasteiger partial charge in [0.05, 0.1) is 6.54 Å². The van der Waals surface area contributed by atoms with E-state index < -0.39 is 6.10 Å². The molecular formula is C23H19NO2S. The Balaban J connectivity index is 1.46. The van der Waals surface area contributed by atoms with Crippen molar-refractivity contribution in [2.45, 2.75) is 12.6 Å². The maximum absolute atomic E-state index is 12.6. The Kier molecular flexibility index (Phi) is 5.01. The number of nitrogens with one attached hydrogen (secondary N) is 1. The number of carbonyl (C=O) groups is 1. The lowest BCUT2D eigenvalue weighted by Gasteiger charge is -2.09. The third-order valence-corrected chi connectivity index (χ3v) is 5.66. The van der Waals surface area contributed by atoms with Crippen molar-refractivity contribution in [2.75, 3.05) is 0 Å². The molecule has 0 saturated carbocycles. The first-order valence-corrected chi connectivity index (χ1v) is 9.61. The highest BCUT2D eigenvalue weighted by Crippen LogP contribution is 2.28. The maximum Gasteiger partial charge on any atom is 0.252 e. The van der Waals surface area contributed by atoms with Crippen molar-refractivity contribution in [3.05, 3.63) is 106 Å². The summed E-state index contributed by atoms with van der Waals surface area (Å²) in [7, 11) is 0. The van der Waals surface area contributed by atoms with Gasteiger partial charge in [-0.15, -0.1) is 11.3 Å². The summed E-state index contributed by atoms with van der Waals surface area (Å²) in [5.41, 5.74) is 1.54. The summed E-state index contributed by atoms with van der Waals surface area (Å²) in [5, 5.41) is 15.5. The van der Waals surface area contributed by atoms with E-state index in [-0.39, 0.29) is 5.91 Å². The number of aliphatic hydroxyl groups excluding tert-OH is 1. The smallest absolute Gasteiger partial charge is 0.252 e. The molecule has 27 heavy (non-hydrogen) atoms. The average Bonchev–Trinajstić information content (AvgIpc) is 3.20. The van der Waals surface area contributed by atoms with E-state index in [0.717, 1.165) is 26.1 Å². The fourth-order valence-electron chi connectivity index (χ4n) is 3.12. The average molecular weight is 373 g/mol. The topological polar surface area (TPSA) is 49.3 Å². The molecule has 0 saturated heterocycles. The summed E-state index contributed by atoms with van der Waals surface area (Å²) in [6.45, 7) is 0.439. The van der Waals surface area contributed by atoms with Gasteiger partial charge in [-0.3, -0.25) is 4.79 Å². The Morgan fingerprint density at radius 3 is 2.48 bits per heavy atom. The molecule has 134 valence electrons. The van der Waals surface area contributed by atoms with Gasteiger partial charge in [0.1, 0.15) is 6.10 Å². The molecule has 3 nitrogen and oxygen atoms in total. The first kappa shape index (κ1) is 17.5. The Hall–Kier alpha value is -2.95. The molecule has 1 aromatic heterocycles. The van der Waals surface area contributed by atoms with Crippen LogP contribution in [0.1, 0.15) is 31.8 Å². The Morgan fingerprint density at radius 1 is 0.889 bits per heavy atom. The van der Waals surface area contributed by atoms with Crippen LogP contribution >= 0.6 is 11.3 Å². The molecule has 4 rings (SSSR count). The van der Waals surface area contributed by atoms with Crippen molar-refractivity contribution < 1.29 is 9.90 Å². The van der Waals surface area contributed by atoms with Crippen LogP contribution in [0, 0.1) is 0 Å². The Bertz CT molecular complexity index is 1070. The van der Waals surface area contributed by atoms with E-state index in [2.05, 4.69) is 5.32 Å². The summed E-state index contributed by atoms with van der Waals surface area (Å²) < 4.78 is 0. The summed E-state index contributed by atoms with van der Waals surface area (Å²) in [6, 6.07) is 27.1. The van der Waals surface area contributed by atoms with Crippen molar-refractivity contribution in [3.8, 4) is 0 Å². The van der Waals surface area contributed by atoms with Crippen LogP contribution in [0.25, 0.3) is 10.8 Å². The summed E-state index contributed by atoms with van der Waals surface area (Å²) in [6.07, 6.45) is -0.640. The summed E-state index contributed by atoms with van der Waals surface area (Å²) in [4.78, 5) is 14.5. The minimum absolute atomic E-state index is 0.0923. The molecule has 1 amide bonds. The molecular weight excluding hydrogens is 354 g/mol. The van der Waals surface area contributed by atoms with Crippen LogP contribution in [0.4, 0.5) is 0 Å². The number of fused-ring (bicyclic) bond motifs is 1. The van der Waals surface area contributed by atoms with E-state index in [9.17, 15) is 9.90 Å². The molecule has 0 fully saturated rings. The number of hydrogen-bond acceptors (Lipinski definition) is 3. The van der Waals surface area contributed by atoms with Crippen LogP contribution in [0.15, 0.2) is 84.9 Å². The SMILES string of the molecule is O=C(NCc1ccc(C(O)c2ccccc2)s1)c1cccc2ccccc12. The van der Waals surface area contributed by atoms with E-state index in [1.54, 1.807) is 0 Å². The largest absolute Gasteiger partial charge is 0.383 e. The van der Waals surface area contributed by atoms with Gasteiger partial charge in [-0.2, -0.15) is 0 Å². The number of carbonyl (C=O) groups excluding carboxylic acids is 1. The highest BCUT2D eigenvalue weighted by atomic mass is 32.1. The third-order valence-electron chi connectivity index (χ3n) is 4.52. The van der Waals surface area contributed by atoms with Crippen molar-refractivity contribution in [1.29, 1.82) is 0 Å². The molecule has 0 aliphatic rings. The van der Waals surface area contributed by atoms with Crippen molar-refractivity contribution in [1.82, 2.24) is 5.32 Å². The lowest BCUT2D eigenvalue weighted by atomic mass is 10.0. The van der Waals surface area contributed by atoms with Gasteiger partial charge in [-0.25, -0.2) is 0 Å². The van der Waals surface area contributed by atoms with Gasteiger partial charge in [0.2, 0.25) is 0 Å². The van der Waals surface area contributed by atoms with E-state index in [0.29, 0.717) is 12.1 Å². The number of aliphatic hydroxyl groups is 1. The highest BCUT2D eigenvalue weighted by Gasteiger charge is 2.14. The van der Waals surface area contributed by atoms with E-state index in [4.69, 9.17) is 0 Å². The number of amides is 1. The van der Waals surface area contributed by atoms with Gasteiger partial charge >= 0.3 is 0 Å². The molecule has 0 spiro atoms. The van der Waals surface area contributed by atoms with Gasteiger partial charge in [0, 0.05) is 15.3 Å². The van der Waals surface area contributed by atoms with E-state index in [1.165, 1.54) is 11.3 Å². The zero-order chi connectivity index (χ0) is 18.6. The second-order valence-corrected chi connectivity index (χ2v) is 7.53. The summed E-state index contributed by atoms with van der Waals surface area (Å²) >= 11 is 1.51. The molecule has 4 heteroatoms. The first-order valence-electron chi connectivity index (χ1n) is 8.80. The standard InChI is InChI=1S/C23H19NO2S/c25-22(17-8-2-1-3-9-17)21-14-13-18(27-21)15-24-23(26)20-12-6-10-16-7-4-5-11-19(16)20/h1-14,22,25H,15H2,(H,24,26). The van der Waals surface area contributed by atoms with E-state index in [1.807, 2.05) is 84.9 Å². The van der Waals surface area contributed by atoms with Gasteiger partial charge < -0.3 is 10.4 Å². The van der Waals surface area contributed by atoms with Crippen LogP contribution in [0.5, 0.6) is 0 Å². The lowest BCUT2D eigenvalue weighted by Crippen LogP contribution is -2.22. The lowest BCUT2D eigenvalue weighted by molar-refractivity contribution is 0.0953. The van der Waals surface area contributed by atoms with Crippen LogP contribution in [0.3, 0.4) is 0 Å². The fraction of sp³-hybridized carbons (Fsp3) is 0.0870. The number of benzene rings is 3. The Labute approximate surface area is 161 Å². The van der Waals surface area contributed by atoms with Gasteiger partial charge in [-0.05, 0) is 34.5 Å². The predicted molar refractivity (Wildman–Crippen MR) is 110 cm³/mol. The third kappa shape index (κ3) is 3.77. The zero-order valence-corrected chi connectivity index (χ0v) is 15.4.